The maximum atomic E-state index is 12.4. The van der Waals surface area contributed by atoms with Gasteiger partial charge in [-0.05, 0) is 157 Å². The molecular formula is C88H76O12. The maximum absolute atomic E-state index is 12.4. The first kappa shape index (κ1) is 65.3. The number of hydrogen-bond donors (Lipinski definition) is 12. The third-order valence-corrected chi connectivity index (χ3v) is 20.1. The second-order valence-electron chi connectivity index (χ2n) is 26.8. The minimum Gasteiger partial charge on any atom is -0.507 e. The number of rotatable bonds is 4. The molecule has 0 spiro atoms. The van der Waals surface area contributed by atoms with Crippen LogP contribution in [0.15, 0.2) is 218 Å². The molecule has 2 aliphatic carbocycles. The molecule has 12 aromatic carbocycles. The van der Waals surface area contributed by atoms with Crippen molar-refractivity contribution in [3.63, 3.8) is 0 Å². The van der Waals surface area contributed by atoms with Crippen molar-refractivity contribution in [3.8, 4) is 69.0 Å². The zero-order chi connectivity index (χ0) is 69.3. The summed E-state index contributed by atoms with van der Waals surface area (Å²) in [6.07, 6.45) is 6.95. The molecule has 100 heavy (non-hydrogen) atoms. The monoisotopic (exact) mass is 1320 g/mol. The van der Waals surface area contributed by atoms with E-state index in [0.717, 1.165) is 11.1 Å². The van der Waals surface area contributed by atoms with Gasteiger partial charge in [0.15, 0.2) is 0 Å². The van der Waals surface area contributed by atoms with Crippen molar-refractivity contribution in [2.45, 2.75) is 89.9 Å². The molecule has 0 saturated carbocycles. The molecule has 0 amide bonds. The van der Waals surface area contributed by atoms with Crippen LogP contribution in [0, 0.1) is 0 Å². The Balaban J connectivity index is 0.809. The molecule has 0 unspecified atom stereocenters. The summed E-state index contributed by atoms with van der Waals surface area (Å²) < 4.78 is 0. The summed E-state index contributed by atoms with van der Waals surface area (Å²) >= 11 is 0. The molecule has 0 aromatic heterocycles. The van der Waals surface area contributed by atoms with Gasteiger partial charge in [0.05, 0.1) is 0 Å². The lowest BCUT2D eigenvalue weighted by Crippen LogP contribution is -2.01. The van der Waals surface area contributed by atoms with E-state index in [9.17, 15) is 61.3 Å². The van der Waals surface area contributed by atoms with E-state index in [2.05, 4.69) is 0 Å². The first-order valence-corrected chi connectivity index (χ1v) is 33.8. The number of hydrogen-bond acceptors (Lipinski definition) is 12. The molecule has 0 atom stereocenters. The second kappa shape index (κ2) is 27.8. The average Bonchev–Trinajstić information content (AvgIpc) is 0.812. The minimum absolute atomic E-state index is 0.000418. The van der Waals surface area contributed by atoms with E-state index < -0.39 is 0 Å². The Kier molecular flexibility index (Phi) is 18.2. The Bertz CT molecular complexity index is 4580. The molecule has 12 nitrogen and oxygen atoms in total. The van der Waals surface area contributed by atoms with Gasteiger partial charge in [-0.2, -0.15) is 0 Å². The van der Waals surface area contributed by atoms with E-state index in [-0.39, 0.29) is 146 Å². The molecule has 0 saturated heterocycles. The lowest BCUT2D eigenvalue weighted by atomic mass is 9.90. The third kappa shape index (κ3) is 13.4. The van der Waals surface area contributed by atoms with Crippen LogP contribution >= 0.6 is 0 Å². The van der Waals surface area contributed by atoms with Gasteiger partial charge in [-0.15, -0.1) is 0 Å². The number of phenols is 12. The van der Waals surface area contributed by atoms with Crippen LogP contribution in [0.1, 0.15) is 145 Å². The van der Waals surface area contributed by atoms with Gasteiger partial charge in [-0.1, -0.05) is 218 Å². The molecule has 2 aliphatic rings. The number of fused-ring (bicyclic) bond motifs is 24. The van der Waals surface area contributed by atoms with Crippen LogP contribution in [0.2, 0.25) is 0 Å². The Morgan fingerprint density at radius 2 is 0.260 bits per heavy atom. The SMILES string of the molecule is Oc1c2cccc1Cc1cccc(c1O)Cc1cccc(c1O)Cc1cc(C/C=C/Cc3cc4c(O)c(c3)Cc3cccc(c3O)Cc3cccc(c3O)Cc3cccc(c3O)Cc3cccc(c3O)Cc3cccc(c3O)C4)cc(c1O)Cc1cccc(c1O)Cc1cccc(c1O)C2. The van der Waals surface area contributed by atoms with Crippen LogP contribution < -0.4 is 0 Å². The van der Waals surface area contributed by atoms with Crippen LogP contribution in [0.3, 0.4) is 0 Å². The van der Waals surface area contributed by atoms with Gasteiger partial charge < -0.3 is 61.3 Å². The Morgan fingerprint density at radius 3 is 0.380 bits per heavy atom. The van der Waals surface area contributed by atoms with Crippen molar-refractivity contribution in [1.29, 1.82) is 0 Å². The van der Waals surface area contributed by atoms with Gasteiger partial charge in [0.2, 0.25) is 0 Å². The summed E-state index contributed by atoms with van der Waals surface area (Å²) in [7, 11) is 0. The molecule has 0 heterocycles. The Hall–Kier alpha value is -12.0. The van der Waals surface area contributed by atoms with Crippen molar-refractivity contribution in [1.82, 2.24) is 0 Å². The molecule has 12 aromatic rings. The maximum Gasteiger partial charge on any atom is 0.122 e. The summed E-state index contributed by atoms with van der Waals surface area (Å²) in [5, 5.41) is 144. The molecule has 0 radical (unpaired) electrons. The minimum atomic E-state index is -0.000418. The fraction of sp³-hybridized carbons (Fsp3) is 0.159. The average molecular weight is 1330 g/mol. The highest BCUT2D eigenvalue weighted by Crippen LogP contribution is 2.43. The fourth-order valence-corrected chi connectivity index (χ4v) is 14.6. The summed E-state index contributed by atoms with van der Waals surface area (Å²) in [5.41, 5.74) is 15.2. The summed E-state index contributed by atoms with van der Waals surface area (Å²) in [4.78, 5) is 0. The molecule has 500 valence electrons. The highest BCUT2D eigenvalue weighted by atomic mass is 16.3. The van der Waals surface area contributed by atoms with E-state index >= 15 is 0 Å². The van der Waals surface area contributed by atoms with Crippen molar-refractivity contribution in [2.24, 2.45) is 0 Å². The number of allylic oxidation sites excluding steroid dienone is 2. The van der Waals surface area contributed by atoms with Crippen molar-refractivity contribution >= 4 is 0 Å². The lowest BCUT2D eigenvalue weighted by molar-refractivity contribution is 0.449. The van der Waals surface area contributed by atoms with Gasteiger partial charge >= 0.3 is 0 Å². The zero-order valence-electron chi connectivity index (χ0n) is 55.1. The van der Waals surface area contributed by atoms with Crippen molar-refractivity contribution in [2.75, 3.05) is 0 Å². The van der Waals surface area contributed by atoms with E-state index in [1.54, 1.807) is 97.1 Å². The largest absolute Gasteiger partial charge is 0.507 e. The molecule has 0 aliphatic heterocycles. The van der Waals surface area contributed by atoms with Gasteiger partial charge in [-0.25, -0.2) is 0 Å². The summed E-state index contributed by atoms with van der Waals surface area (Å²) in [6, 6.07) is 62.2. The summed E-state index contributed by atoms with van der Waals surface area (Å²) in [5.74, 6) is 0.345. The van der Waals surface area contributed by atoms with Gasteiger partial charge in [0.1, 0.15) is 69.0 Å². The van der Waals surface area contributed by atoms with Gasteiger partial charge in [0, 0.05) is 77.0 Å². The van der Waals surface area contributed by atoms with Crippen molar-refractivity contribution < 1.29 is 61.3 Å². The predicted molar refractivity (Wildman–Crippen MR) is 388 cm³/mol. The molecule has 0 fully saturated rings. The predicted octanol–water partition coefficient (Wildman–Crippen LogP) is 16.2. The van der Waals surface area contributed by atoms with E-state index in [4.69, 9.17) is 0 Å². The standard InChI is InChI=1S/C88H76O12/c89-77-53-15-3-16-54(77)40-58-20-6-24-62(80(58)92)44-66-28-10-32-70(84(66)96)48-74-36-51(35-73(87(74)99)47-69-31-9-27-65(83(69)95)43-61-23-5-19-57(39-53)79(61)91)13-1-2-14-52-37-75-49-71-33-11-29-67(85(71)97)45-63-25-7-21-59(81(63)93)41-55-17-4-18-56(78(55)90)42-60-22-8-26-64(82(60)94)46-68-30-12-34-72(86(68)98)50-76(38-52)88(75)100/h1-12,15-38,89-100H,13-14,39-50H2/b2-1+. The number of aromatic hydroxyl groups is 12. The van der Waals surface area contributed by atoms with Crippen LogP contribution in [0.4, 0.5) is 0 Å². The van der Waals surface area contributed by atoms with Crippen LogP contribution in [0.25, 0.3) is 0 Å². The van der Waals surface area contributed by atoms with Gasteiger partial charge in [-0.3, -0.25) is 0 Å². The van der Waals surface area contributed by atoms with E-state index in [1.807, 2.05) is 121 Å². The smallest absolute Gasteiger partial charge is 0.122 e. The second-order valence-corrected chi connectivity index (χ2v) is 26.8. The quantitative estimate of drug-likeness (QED) is 0.0737. The topological polar surface area (TPSA) is 243 Å². The fourth-order valence-electron chi connectivity index (χ4n) is 14.6. The Labute approximate surface area is 580 Å². The first-order chi connectivity index (χ1) is 48.5. The van der Waals surface area contributed by atoms with Crippen LogP contribution in [-0.2, 0) is 89.9 Å². The normalized spacial score (nSPS) is 13.2. The highest BCUT2D eigenvalue weighted by molar-refractivity contribution is 5.60. The van der Waals surface area contributed by atoms with Crippen LogP contribution in [-0.4, -0.2) is 61.3 Å². The first-order valence-electron chi connectivity index (χ1n) is 33.8. The molecular weight excluding hydrogens is 1250 g/mol. The number of phenolic OH excluding ortho intramolecular Hbond substituents is 12. The van der Waals surface area contributed by atoms with E-state index in [0.29, 0.717) is 146 Å². The molecule has 14 rings (SSSR count). The molecule has 12 N–H and O–H groups in total. The molecule has 24 bridgehead atoms. The molecule has 12 heteroatoms. The lowest BCUT2D eigenvalue weighted by Gasteiger charge is -2.17. The number of benzene rings is 12. The van der Waals surface area contributed by atoms with E-state index in [1.165, 1.54) is 0 Å². The van der Waals surface area contributed by atoms with Crippen LogP contribution in [0.5, 0.6) is 69.0 Å². The third-order valence-electron chi connectivity index (χ3n) is 20.1. The van der Waals surface area contributed by atoms with Gasteiger partial charge in [0.25, 0.3) is 0 Å². The highest BCUT2D eigenvalue weighted by Gasteiger charge is 2.24. The zero-order valence-corrected chi connectivity index (χ0v) is 55.1. The summed E-state index contributed by atoms with van der Waals surface area (Å²) in [6.45, 7) is 0. The number of para-hydroxylation sites is 10. The van der Waals surface area contributed by atoms with Crippen molar-refractivity contribution in [3.05, 3.63) is 363 Å². The Morgan fingerprint density at radius 1 is 0.160 bits per heavy atom.